The Bertz CT molecular complexity index is 574. The summed E-state index contributed by atoms with van der Waals surface area (Å²) in [4.78, 5) is 4.54. The Hall–Kier alpha value is -0.780. The molecule has 0 aliphatic rings. The topological polar surface area (TPSA) is 33.2 Å². The van der Waals surface area contributed by atoms with E-state index in [0.717, 1.165) is 34.1 Å². The average Bonchev–Trinajstić information content (AvgIpc) is 2.86. The van der Waals surface area contributed by atoms with E-state index in [4.69, 9.17) is 0 Å². The molecule has 1 aromatic heterocycles. The summed E-state index contributed by atoms with van der Waals surface area (Å²) in [6, 6.07) is 7.99. The van der Waals surface area contributed by atoms with E-state index in [0.29, 0.717) is 11.8 Å². The van der Waals surface area contributed by atoms with Gasteiger partial charge in [0.1, 0.15) is 0 Å². The normalized spacial score (nSPS) is 13.7. The molecule has 0 amide bonds. The summed E-state index contributed by atoms with van der Waals surface area (Å²) < 4.78 is 16.7. The zero-order valence-electron chi connectivity index (χ0n) is 13.2. The molecule has 2 aromatic rings. The predicted molar refractivity (Wildman–Crippen MR) is 91.9 cm³/mol. The predicted octanol–water partition coefficient (Wildman–Crippen LogP) is 4.32. The zero-order valence-corrected chi connectivity index (χ0v) is 14.8. The van der Waals surface area contributed by atoms with Crippen molar-refractivity contribution < 1.29 is 4.21 Å². The molecule has 0 spiro atoms. The van der Waals surface area contributed by atoms with Crippen molar-refractivity contribution in [1.82, 2.24) is 9.29 Å². The number of para-hydroxylation sites is 1. The maximum atomic E-state index is 12.8. The van der Waals surface area contributed by atoms with Gasteiger partial charge in [-0.05, 0) is 30.4 Å². The Labute approximate surface area is 134 Å². The first kappa shape index (κ1) is 16.6. The Balaban J connectivity index is 2.19. The van der Waals surface area contributed by atoms with Crippen LogP contribution in [0.5, 0.6) is 0 Å². The lowest BCUT2D eigenvalue weighted by Crippen LogP contribution is -2.31. The smallest absolute Gasteiger partial charge is 0.197 e. The van der Waals surface area contributed by atoms with Gasteiger partial charge in [0.25, 0.3) is 0 Å². The number of rotatable bonds is 7. The van der Waals surface area contributed by atoms with Gasteiger partial charge in [-0.2, -0.15) is 0 Å². The van der Waals surface area contributed by atoms with Crippen LogP contribution >= 0.6 is 11.3 Å². The highest BCUT2D eigenvalue weighted by Crippen LogP contribution is 2.26. The van der Waals surface area contributed by atoms with Gasteiger partial charge in [0, 0.05) is 13.1 Å². The van der Waals surface area contributed by atoms with Crippen LogP contribution in [-0.4, -0.2) is 26.6 Å². The molecule has 1 unspecified atom stereocenters. The summed E-state index contributed by atoms with van der Waals surface area (Å²) in [5.74, 6) is 1.11. The number of nitrogens with zero attached hydrogens (tertiary/aromatic N) is 2. The van der Waals surface area contributed by atoms with Crippen LogP contribution in [0.1, 0.15) is 34.1 Å². The van der Waals surface area contributed by atoms with Crippen LogP contribution in [0.2, 0.25) is 0 Å². The molecule has 0 aliphatic heterocycles. The quantitative estimate of drug-likeness (QED) is 0.760. The lowest BCUT2D eigenvalue weighted by atomic mass is 10.1. The van der Waals surface area contributed by atoms with E-state index in [1.165, 1.54) is 0 Å². The molecule has 0 saturated carbocycles. The summed E-state index contributed by atoms with van der Waals surface area (Å²) in [5.41, 5.74) is 0.944. The molecule has 3 nitrogen and oxygen atoms in total. The number of fused-ring (bicyclic) bond motifs is 1. The number of hydrogen-bond donors (Lipinski definition) is 0. The molecular weight excluding hydrogens is 300 g/mol. The molecule has 5 heteroatoms. The maximum absolute atomic E-state index is 12.8. The van der Waals surface area contributed by atoms with Crippen molar-refractivity contribution in [2.75, 3.05) is 13.1 Å². The van der Waals surface area contributed by atoms with Crippen LogP contribution in [0.3, 0.4) is 0 Å². The van der Waals surface area contributed by atoms with Crippen LogP contribution in [0, 0.1) is 11.8 Å². The van der Waals surface area contributed by atoms with Crippen molar-refractivity contribution in [2.24, 2.45) is 11.8 Å². The van der Waals surface area contributed by atoms with Crippen molar-refractivity contribution in [1.29, 1.82) is 0 Å². The number of aromatic nitrogens is 1. The summed E-state index contributed by atoms with van der Waals surface area (Å²) in [6.45, 7) is 10.4. The Kier molecular flexibility index (Phi) is 5.90. The fourth-order valence-electron chi connectivity index (χ4n) is 2.09. The second-order valence-electron chi connectivity index (χ2n) is 6.16. The minimum atomic E-state index is -1.15. The second kappa shape index (κ2) is 7.47. The maximum Gasteiger partial charge on any atom is 0.197 e. The molecule has 0 aliphatic carbocycles. The van der Waals surface area contributed by atoms with Gasteiger partial charge in [0.05, 0.1) is 10.2 Å². The average molecular weight is 325 g/mol. The standard InChI is InChI=1S/C16H24N2OS2/c1-12(2)9-10-18(11-13(3)4)21(19)16-17-14-7-5-6-8-15(14)20-16/h5-8,12-13H,9-11H2,1-4H3. The molecular formula is C16H24N2OS2. The van der Waals surface area contributed by atoms with Crippen LogP contribution in [0.15, 0.2) is 28.6 Å². The van der Waals surface area contributed by atoms with E-state index in [1.54, 1.807) is 11.3 Å². The van der Waals surface area contributed by atoms with E-state index in [9.17, 15) is 4.21 Å². The molecule has 0 N–H and O–H groups in total. The second-order valence-corrected chi connectivity index (χ2v) is 8.85. The van der Waals surface area contributed by atoms with Crippen molar-refractivity contribution in [3.05, 3.63) is 24.3 Å². The van der Waals surface area contributed by atoms with Crippen molar-refractivity contribution >= 4 is 32.5 Å². The van der Waals surface area contributed by atoms with E-state index in [2.05, 4.69) is 37.0 Å². The third-order valence-corrected chi connectivity index (χ3v) is 5.88. The first-order valence-corrected chi connectivity index (χ1v) is 9.42. The Morgan fingerprint density at radius 1 is 1.19 bits per heavy atom. The van der Waals surface area contributed by atoms with Gasteiger partial charge in [-0.1, -0.05) is 39.8 Å². The number of benzene rings is 1. The summed E-state index contributed by atoms with van der Waals surface area (Å²) in [5, 5.41) is 0. The van der Waals surface area contributed by atoms with Gasteiger partial charge in [-0.25, -0.2) is 13.5 Å². The third kappa shape index (κ3) is 4.59. The van der Waals surface area contributed by atoms with E-state index >= 15 is 0 Å². The van der Waals surface area contributed by atoms with Gasteiger partial charge < -0.3 is 0 Å². The molecule has 21 heavy (non-hydrogen) atoms. The zero-order chi connectivity index (χ0) is 15.4. The van der Waals surface area contributed by atoms with Crippen LogP contribution < -0.4 is 0 Å². The van der Waals surface area contributed by atoms with Crippen molar-refractivity contribution in [3.63, 3.8) is 0 Å². The largest absolute Gasteiger partial charge is 0.235 e. The lowest BCUT2D eigenvalue weighted by Gasteiger charge is -2.22. The van der Waals surface area contributed by atoms with Gasteiger partial charge in [0.2, 0.25) is 0 Å². The van der Waals surface area contributed by atoms with E-state index in [1.807, 2.05) is 24.3 Å². The van der Waals surface area contributed by atoms with Crippen molar-refractivity contribution in [2.45, 2.75) is 38.5 Å². The highest BCUT2D eigenvalue weighted by Gasteiger charge is 2.20. The summed E-state index contributed by atoms with van der Waals surface area (Å²) in [7, 11) is -1.15. The van der Waals surface area contributed by atoms with Gasteiger partial charge in [-0.3, -0.25) is 0 Å². The van der Waals surface area contributed by atoms with Gasteiger partial charge in [0.15, 0.2) is 15.3 Å². The highest BCUT2D eigenvalue weighted by atomic mass is 32.2. The molecule has 116 valence electrons. The summed E-state index contributed by atoms with van der Waals surface area (Å²) in [6.07, 6.45) is 1.06. The van der Waals surface area contributed by atoms with E-state index in [-0.39, 0.29) is 0 Å². The van der Waals surface area contributed by atoms with Gasteiger partial charge >= 0.3 is 0 Å². The fraction of sp³-hybridized carbons (Fsp3) is 0.562. The third-order valence-electron chi connectivity index (χ3n) is 3.18. The molecule has 2 rings (SSSR count). The molecule has 0 fully saturated rings. The SMILES string of the molecule is CC(C)CCN(CC(C)C)S(=O)c1nc2ccccc2s1. The van der Waals surface area contributed by atoms with Crippen molar-refractivity contribution in [3.8, 4) is 0 Å². The van der Waals surface area contributed by atoms with Gasteiger partial charge in [-0.15, -0.1) is 11.3 Å². The highest BCUT2D eigenvalue weighted by molar-refractivity contribution is 7.85. The molecule has 1 aromatic carbocycles. The van der Waals surface area contributed by atoms with Crippen LogP contribution in [0.4, 0.5) is 0 Å². The van der Waals surface area contributed by atoms with Crippen LogP contribution in [0.25, 0.3) is 10.2 Å². The molecule has 0 saturated heterocycles. The Morgan fingerprint density at radius 3 is 2.52 bits per heavy atom. The molecule has 1 atom stereocenters. The first-order valence-electron chi connectivity index (χ1n) is 7.49. The van der Waals surface area contributed by atoms with E-state index < -0.39 is 11.0 Å². The first-order chi connectivity index (χ1) is 9.97. The lowest BCUT2D eigenvalue weighted by molar-refractivity contribution is 0.363. The fourth-order valence-corrected chi connectivity index (χ4v) is 4.76. The molecule has 0 bridgehead atoms. The monoisotopic (exact) mass is 324 g/mol. The van der Waals surface area contributed by atoms with Crippen LogP contribution in [-0.2, 0) is 11.0 Å². The minimum absolute atomic E-state index is 0.496. The number of hydrogen-bond acceptors (Lipinski definition) is 3. The summed E-state index contributed by atoms with van der Waals surface area (Å²) >= 11 is 1.54. The minimum Gasteiger partial charge on any atom is -0.235 e. The number of thiazole rings is 1. The molecule has 0 radical (unpaired) electrons. The Morgan fingerprint density at radius 2 is 1.90 bits per heavy atom. The molecule has 1 heterocycles.